The Morgan fingerprint density at radius 3 is 2.59 bits per heavy atom. The van der Waals surface area contributed by atoms with Crippen LogP contribution in [-0.4, -0.2) is 32.5 Å². The largest absolute Gasteiger partial charge is 0.497 e. The average Bonchev–Trinajstić information content (AvgIpc) is 3.32. The number of methoxy groups -OCH3 is 1. The van der Waals surface area contributed by atoms with Crippen LogP contribution in [0.3, 0.4) is 0 Å². The Balaban J connectivity index is 1.43. The van der Waals surface area contributed by atoms with Crippen molar-refractivity contribution in [1.82, 2.24) is 24.8 Å². The molecule has 34 heavy (non-hydrogen) atoms. The highest BCUT2D eigenvalue weighted by Gasteiger charge is 2.14. The summed E-state index contributed by atoms with van der Waals surface area (Å²) in [6, 6.07) is 21.0. The molecule has 1 N–H and O–H groups in total. The van der Waals surface area contributed by atoms with Gasteiger partial charge in [0.2, 0.25) is 0 Å². The van der Waals surface area contributed by atoms with Crippen molar-refractivity contribution in [3.05, 3.63) is 102 Å². The van der Waals surface area contributed by atoms with Gasteiger partial charge in [-0.3, -0.25) is 9.36 Å². The fourth-order valence-corrected chi connectivity index (χ4v) is 3.87. The SMILES string of the molecule is COc1ccc(-c2cc(C(=O)NCc3ccnc(-n4ccnc4C)c3)c3ccccc3n2)cc1. The van der Waals surface area contributed by atoms with Gasteiger partial charge in [-0.25, -0.2) is 15.0 Å². The third-order valence-corrected chi connectivity index (χ3v) is 5.68. The summed E-state index contributed by atoms with van der Waals surface area (Å²) in [5.74, 6) is 2.22. The molecule has 0 aliphatic rings. The van der Waals surface area contributed by atoms with Crippen molar-refractivity contribution < 1.29 is 9.53 Å². The first kappa shape index (κ1) is 21.3. The molecule has 0 unspecified atom stereocenters. The van der Waals surface area contributed by atoms with E-state index in [4.69, 9.17) is 9.72 Å². The summed E-state index contributed by atoms with van der Waals surface area (Å²) in [5, 5.41) is 3.86. The maximum Gasteiger partial charge on any atom is 0.252 e. The van der Waals surface area contributed by atoms with Gasteiger partial charge in [-0.1, -0.05) is 18.2 Å². The Hall–Kier alpha value is -4.52. The van der Waals surface area contributed by atoms with E-state index < -0.39 is 0 Å². The smallest absolute Gasteiger partial charge is 0.252 e. The Morgan fingerprint density at radius 1 is 1.00 bits per heavy atom. The molecule has 0 bridgehead atoms. The number of nitrogens with zero attached hydrogens (tertiary/aromatic N) is 4. The zero-order valence-corrected chi connectivity index (χ0v) is 18.9. The lowest BCUT2D eigenvalue weighted by atomic mass is 10.0. The van der Waals surface area contributed by atoms with Gasteiger partial charge in [-0.2, -0.15) is 0 Å². The number of rotatable bonds is 6. The second-order valence-corrected chi connectivity index (χ2v) is 7.85. The third-order valence-electron chi connectivity index (χ3n) is 5.68. The average molecular weight is 450 g/mol. The molecule has 2 aromatic carbocycles. The first-order valence-corrected chi connectivity index (χ1v) is 10.9. The zero-order chi connectivity index (χ0) is 23.5. The summed E-state index contributed by atoms with van der Waals surface area (Å²) >= 11 is 0. The molecule has 3 aromatic heterocycles. The number of pyridine rings is 2. The Morgan fingerprint density at radius 2 is 1.82 bits per heavy atom. The minimum atomic E-state index is -0.162. The van der Waals surface area contributed by atoms with E-state index in [0.29, 0.717) is 12.1 Å². The molecule has 7 nitrogen and oxygen atoms in total. The fraction of sp³-hybridized carbons (Fsp3) is 0.111. The predicted molar refractivity (Wildman–Crippen MR) is 131 cm³/mol. The molecule has 168 valence electrons. The van der Waals surface area contributed by atoms with Crippen LogP contribution < -0.4 is 10.1 Å². The lowest BCUT2D eigenvalue weighted by Gasteiger charge is -2.12. The molecule has 5 aromatic rings. The molecular formula is C27H23N5O2. The topological polar surface area (TPSA) is 81.9 Å². The van der Waals surface area contributed by atoms with Gasteiger partial charge in [0, 0.05) is 36.1 Å². The molecule has 3 heterocycles. The van der Waals surface area contributed by atoms with Gasteiger partial charge in [-0.05, 0) is 61.0 Å². The summed E-state index contributed by atoms with van der Waals surface area (Å²) in [6.07, 6.45) is 5.34. The highest BCUT2D eigenvalue weighted by atomic mass is 16.5. The molecule has 0 radical (unpaired) electrons. The van der Waals surface area contributed by atoms with E-state index in [0.717, 1.165) is 45.1 Å². The minimum Gasteiger partial charge on any atom is -0.497 e. The van der Waals surface area contributed by atoms with Gasteiger partial charge in [0.1, 0.15) is 17.4 Å². The summed E-state index contributed by atoms with van der Waals surface area (Å²) < 4.78 is 7.16. The molecule has 0 saturated heterocycles. The lowest BCUT2D eigenvalue weighted by Crippen LogP contribution is -2.23. The van der Waals surface area contributed by atoms with Gasteiger partial charge in [-0.15, -0.1) is 0 Å². The molecule has 0 spiro atoms. The number of ether oxygens (including phenoxy) is 1. The van der Waals surface area contributed by atoms with Gasteiger partial charge < -0.3 is 10.1 Å². The summed E-state index contributed by atoms with van der Waals surface area (Å²) in [6.45, 7) is 2.29. The number of hydrogen-bond donors (Lipinski definition) is 1. The Bertz CT molecular complexity index is 1470. The molecule has 0 atom stereocenters. The van der Waals surface area contributed by atoms with Crippen molar-refractivity contribution >= 4 is 16.8 Å². The van der Waals surface area contributed by atoms with E-state index in [2.05, 4.69) is 15.3 Å². The second kappa shape index (κ2) is 9.15. The van der Waals surface area contributed by atoms with Gasteiger partial charge in [0.25, 0.3) is 5.91 Å². The van der Waals surface area contributed by atoms with Crippen molar-refractivity contribution in [2.75, 3.05) is 7.11 Å². The maximum absolute atomic E-state index is 13.3. The molecule has 0 fully saturated rings. The van der Waals surface area contributed by atoms with Crippen LogP contribution in [0.15, 0.2) is 85.3 Å². The first-order chi connectivity index (χ1) is 16.6. The number of para-hydroxylation sites is 1. The van der Waals surface area contributed by atoms with E-state index in [1.807, 2.05) is 84.4 Å². The van der Waals surface area contributed by atoms with Crippen molar-refractivity contribution in [2.24, 2.45) is 0 Å². The van der Waals surface area contributed by atoms with Gasteiger partial charge >= 0.3 is 0 Å². The van der Waals surface area contributed by atoms with Crippen molar-refractivity contribution in [3.8, 4) is 22.8 Å². The van der Waals surface area contributed by atoms with Gasteiger partial charge in [0.15, 0.2) is 0 Å². The van der Waals surface area contributed by atoms with E-state index >= 15 is 0 Å². The molecular weight excluding hydrogens is 426 g/mol. The number of hydrogen-bond acceptors (Lipinski definition) is 5. The maximum atomic E-state index is 13.3. The third kappa shape index (κ3) is 4.23. The van der Waals surface area contributed by atoms with E-state index in [-0.39, 0.29) is 5.91 Å². The molecule has 0 aliphatic carbocycles. The quantitative estimate of drug-likeness (QED) is 0.405. The number of carbonyl (C=O) groups excluding carboxylic acids is 1. The molecule has 5 rings (SSSR count). The number of fused-ring (bicyclic) bond motifs is 1. The number of aromatic nitrogens is 4. The number of benzene rings is 2. The molecule has 0 saturated carbocycles. The van der Waals surface area contributed by atoms with Crippen LogP contribution >= 0.6 is 0 Å². The van der Waals surface area contributed by atoms with Crippen LogP contribution in [0.2, 0.25) is 0 Å². The summed E-state index contributed by atoms with van der Waals surface area (Å²) in [4.78, 5) is 26.7. The summed E-state index contributed by atoms with van der Waals surface area (Å²) in [7, 11) is 1.63. The van der Waals surface area contributed by atoms with E-state index in [1.165, 1.54) is 0 Å². The van der Waals surface area contributed by atoms with Crippen LogP contribution in [0.4, 0.5) is 0 Å². The minimum absolute atomic E-state index is 0.162. The second-order valence-electron chi connectivity index (χ2n) is 7.85. The number of amides is 1. The van der Waals surface area contributed by atoms with Crippen LogP contribution in [0.1, 0.15) is 21.7 Å². The number of nitrogens with one attached hydrogen (secondary N) is 1. The standard InChI is InChI=1S/C27H23N5O2/c1-18-28-13-14-32(18)26-15-19(11-12-29-26)17-30-27(33)23-16-25(20-7-9-21(34-2)10-8-20)31-24-6-4-3-5-22(23)24/h3-16H,17H2,1-2H3,(H,30,33). The number of carbonyl (C=O) groups is 1. The Kier molecular flexibility index (Phi) is 5.74. The normalized spacial score (nSPS) is 10.9. The van der Waals surface area contributed by atoms with Crippen LogP contribution in [0.5, 0.6) is 5.75 Å². The first-order valence-electron chi connectivity index (χ1n) is 10.9. The van der Waals surface area contributed by atoms with Crippen LogP contribution in [0.25, 0.3) is 28.0 Å². The lowest BCUT2D eigenvalue weighted by molar-refractivity contribution is 0.0952. The van der Waals surface area contributed by atoms with Crippen molar-refractivity contribution in [1.29, 1.82) is 0 Å². The predicted octanol–water partition coefficient (Wildman–Crippen LogP) is 4.73. The van der Waals surface area contributed by atoms with E-state index in [9.17, 15) is 4.79 Å². The van der Waals surface area contributed by atoms with Crippen molar-refractivity contribution in [3.63, 3.8) is 0 Å². The highest BCUT2D eigenvalue weighted by molar-refractivity contribution is 6.07. The monoisotopic (exact) mass is 449 g/mol. The van der Waals surface area contributed by atoms with Crippen molar-refractivity contribution in [2.45, 2.75) is 13.5 Å². The fourth-order valence-electron chi connectivity index (χ4n) is 3.87. The number of aryl methyl sites for hydroxylation is 1. The molecule has 7 heteroatoms. The molecule has 1 amide bonds. The zero-order valence-electron chi connectivity index (χ0n) is 18.9. The van der Waals surface area contributed by atoms with E-state index in [1.54, 1.807) is 19.5 Å². The van der Waals surface area contributed by atoms with Gasteiger partial charge in [0.05, 0.1) is 23.9 Å². The summed E-state index contributed by atoms with van der Waals surface area (Å²) in [5.41, 5.74) is 3.93. The molecule has 0 aliphatic heterocycles. The van der Waals surface area contributed by atoms with Crippen LogP contribution in [-0.2, 0) is 6.54 Å². The Labute approximate surface area is 197 Å². The van der Waals surface area contributed by atoms with Crippen LogP contribution in [0, 0.1) is 6.92 Å². The highest BCUT2D eigenvalue weighted by Crippen LogP contribution is 2.26. The number of imidazole rings is 1.